The van der Waals surface area contributed by atoms with Crippen LogP contribution in [0, 0.1) is 6.67 Å². The minimum atomic E-state index is 0. The minimum absolute atomic E-state index is 0. The molecule has 3 heteroatoms. The largest absolute Gasteiger partial charge is 1.00 e. The Morgan fingerprint density at radius 1 is 1.12 bits per heavy atom. The first kappa shape index (κ1) is 8.08. The molecule has 0 saturated carbocycles. The van der Waals surface area contributed by atoms with Gasteiger partial charge in [-0.05, 0) is 26.5 Å². The van der Waals surface area contributed by atoms with Crippen LogP contribution in [0.1, 0.15) is 0 Å². The van der Waals surface area contributed by atoms with Crippen LogP contribution in [0.3, 0.4) is 0 Å². The van der Waals surface area contributed by atoms with Crippen molar-refractivity contribution in [2.24, 2.45) is 0 Å². The van der Waals surface area contributed by atoms with E-state index in [1.165, 1.54) is 0 Å². The van der Waals surface area contributed by atoms with Crippen LogP contribution in [-0.4, -0.2) is 23.9 Å². The van der Waals surface area contributed by atoms with Gasteiger partial charge in [0.05, 0.1) is 0 Å². The summed E-state index contributed by atoms with van der Waals surface area (Å²) in [6.45, 7) is 2.00. The van der Waals surface area contributed by atoms with Crippen LogP contribution >= 0.6 is 0 Å². The maximum Gasteiger partial charge on any atom is 1.00 e. The first-order valence-electron chi connectivity index (χ1n) is 2.26. The molecule has 0 aromatic carbocycles. The molecule has 0 aliphatic carbocycles. The topological polar surface area (TPSA) is 6.48 Å². The molecular weight excluding hydrogens is 285 g/mol. The molecular formula is C5H9AuN2. The van der Waals surface area contributed by atoms with Crippen molar-refractivity contribution in [2.75, 3.05) is 14.1 Å². The van der Waals surface area contributed by atoms with Crippen LogP contribution in [0.5, 0.6) is 0 Å². The SMILES string of the molecule is CN1C=CN(C)[CH-]1.[Au+]. The van der Waals surface area contributed by atoms with Crippen molar-refractivity contribution >= 4 is 0 Å². The fourth-order valence-corrected chi connectivity index (χ4v) is 0.575. The van der Waals surface area contributed by atoms with Gasteiger partial charge in [0.25, 0.3) is 0 Å². The molecule has 1 aliphatic rings. The zero-order chi connectivity index (χ0) is 5.28. The molecule has 50 valence electrons. The fraction of sp³-hybridized carbons (Fsp3) is 0.400. The summed E-state index contributed by atoms with van der Waals surface area (Å²) in [5, 5.41) is 0. The van der Waals surface area contributed by atoms with Gasteiger partial charge < -0.3 is 9.80 Å². The Bertz CT molecular complexity index is 82.4. The van der Waals surface area contributed by atoms with Gasteiger partial charge in [-0.15, -0.1) is 0 Å². The maximum atomic E-state index is 2.00. The molecule has 1 aliphatic heterocycles. The van der Waals surface area contributed by atoms with Gasteiger partial charge in [-0.3, -0.25) is 0 Å². The second-order valence-corrected chi connectivity index (χ2v) is 1.74. The molecule has 0 radical (unpaired) electrons. The average Bonchev–Trinajstić information content (AvgIpc) is 1.87. The van der Waals surface area contributed by atoms with Gasteiger partial charge in [0.1, 0.15) is 0 Å². The predicted molar refractivity (Wildman–Crippen MR) is 29.0 cm³/mol. The molecule has 8 heavy (non-hydrogen) atoms. The van der Waals surface area contributed by atoms with E-state index in [2.05, 4.69) is 0 Å². The van der Waals surface area contributed by atoms with Crippen molar-refractivity contribution in [3.05, 3.63) is 19.1 Å². The van der Waals surface area contributed by atoms with Crippen molar-refractivity contribution in [1.82, 2.24) is 9.80 Å². The summed E-state index contributed by atoms with van der Waals surface area (Å²) in [6.07, 6.45) is 4.00. The molecule has 0 aromatic heterocycles. The first-order valence-corrected chi connectivity index (χ1v) is 2.26. The summed E-state index contributed by atoms with van der Waals surface area (Å²) in [7, 11) is 4.00. The van der Waals surface area contributed by atoms with Gasteiger partial charge in [0.2, 0.25) is 0 Å². The van der Waals surface area contributed by atoms with E-state index < -0.39 is 0 Å². The van der Waals surface area contributed by atoms with E-state index in [0.29, 0.717) is 0 Å². The van der Waals surface area contributed by atoms with Crippen LogP contribution in [0.15, 0.2) is 12.4 Å². The Labute approximate surface area is 65.7 Å². The van der Waals surface area contributed by atoms with Crippen LogP contribution < -0.4 is 0 Å². The van der Waals surface area contributed by atoms with E-state index in [0.717, 1.165) is 0 Å². The van der Waals surface area contributed by atoms with Gasteiger partial charge in [-0.2, -0.15) is 6.67 Å². The monoisotopic (exact) mass is 294 g/mol. The number of hydrogen-bond acceptors (Lipinski definition) is 2. The Kier molecular flexibility index (Phi) is 3.21. The second-order valence-electron chi connectivity index (χ2n) is 1.74. The van der Waals surface area contributed by atoms with Gasteiger partial charge >= 0.3 is 22.4 Å². The van der Waals surface area contributed by atoms with E-state index in [9.17, 15) is 0 Å². The third-order valence-electron chi connectivity index (χ3n) is 0.901. The molecule has 0 amide bonds. The molecule has 2 nitrogen and oxygen atoms in total. The smallest absolute Gasteiger partial charge is 0.511 e. The van der Waals surface area contributed by atoms with Crippen molar-refractivity contribution in [3.8, 4) is 0 Å². The Morgan fingerprint density at radius 2 is 1.50 bits per heavy atom. The Hall–Kier alpha value is 0.0803. The van der Waals surface area contributed by atoms with Gasteiger partial charge in [0, 0.05) is 0 Å². The summed E-state index contributed by atoms with van der Waals surface area (Å²) in [6, 6.07) is 0. The molecule has 0 saturated heterocycles. The van der Waals surface area contributed by atoms with Gasteiger partial charge in [-0.1, -0.05) is 0 Å². The number of rotatable bonds is 0. The molecule has 1 heterocycles. The number of nitrogens with zero attached hydrogens (tertiary/aromatic N) is 2. The molecule has 0 spiro atoms. The first-order chi connectivity index (χ1) is 3.29. The Morgan fingerprint density at radius 3 is 1.62 bits per heavy atom. The zero-order valence-corrected chi connectivity index (χ0v) is 7.09. The van der Waals surface area contributed by atoms with E-state index in [4.69, 9.17) is 0 Å². The molecule has 0 unspecified atom stereocenters. The van der Waals surface area contributed by atoms with Crippen LogP contribution in [0.25, 0.3) is 0 Å². The normalized spacial score (nSPS) is 16.8. The van der Waals surface area contributed by atoms with Crippen molar-refractivity contribution in [3.63, 3.8) is 0 Å². The summed E-state index contributed by atoms with van der Waals surface area (Å²) < 4.78 is 0. The van der Waals surface area contributed by atoms with Gasteiger partial charge in [0.15, 0.2) is 0 Å². The average molecular weight is 294 g/mol. The molecule has 0 atom stereocenters. The van der Waals surface area contributed by atoms with Crippen LogP contribution in [-0.2, 0) is 22.4 Å². The molecule has 0 fully saturated rings. The summed E-state index contributed by atoms with van der Waals surface area (Å²) >= 11 is 0. The molecule has 1 rings (SSSR count). The predicted octanol–water partition coefficient (Wildman–Crippen LogP) is 0.452. The molecule has 0 N–H and O–H groups in total. The van der Waals surface area contributed by atoms with E-state index in [-0.39, 0.29) is 22.4 Å². The maximum absolute atomic E-state index is 2.00. The van der Waals surface area contributed by atoms with Crippen LogP contribution in [0.2, 0.25) is 0 Å². The Balaban J connectivity index is 0.000000490. The summed E-state index contributed by atoms with van der Waals surface area (Å²) in [5.41, 5.74) is 0. The summed E-state index contributed by atoms with van der Waals surface area (Å²) in [4.78, 5) is 4.00. The third kappa shape index (κ3) is 1.90. The minimum Gasteiger partial charge on any atom is -0.511 e. The molecule has 0 aromatic rings. The van der Waals surface area contributed by atoms with Crippen molar-refractivity contribution in [2.45, 2.75) is 0 Å². The van der Waals surface area contributed by atoms with Crippen molar-refractivity contribution < 1.29 is 22.4 Å². The summed E-state index contributed by atoms with van der Waals surface area (Å²) in [5.74, 6) is 0. The fourth-order valence-electron chi connectivity index (χ4n) is 0.575. The number of hydrogen-bond donors (Lipinski definition) is 0. The quantitative estimate of drug-likeness (QED) is 0.473. The van der Waals surface area contributed by atoms with Gasteiger partial charge in [-0.25, -0.2) is 0 Å². The standard InChI is InChI=1S/C5H9N2.Au/c1-6-3-4-7(2)5-6;/h3-5H,1-2H3;/q-1;+1. The van der Waals surface area contributed by atoms with E-state index in [1.54, 1.807) is 0 Å². The van der Waals surface area contributed by atoms with Crippen LogP contribution in [0.4, 0.5) is 0 Å². The van der Waals surface area contributed by atoms with E-state index in [1.807, 2.05) is 43.0 Å². The second kappa shape index (κ2) is 3.17. The third-order valence-corrected chi connectivity index (χ3v) is 0.901. The zero-order valence-electron chi connectivity index (χ0n) is 4.93. The van der Waals surface area contributed by atoms with Crippen molar-refractivity contribution in [1.29, 1.82) is 0 Å². The molecule has 0 bridgehead atoms. The van der Waals surface area contributed by atoms with E-state index >= 15 is 0 Å².